The molecule has 4 heterocycles. The largest absolute Gasteiger partial charge is 0.498 e. The maximum Gasteiger partial charge on any atom is 0.407 e. The van der Waals surface area contributed by atoms with Crippen LogP contribution in [0.25, 0.3) is 0 Å². The summed E-state index contributed by atoms with van der Waals surface area (Å²) < 4.78 is 51.6. The van der Waals surface area contributed by atoms with Crippen LogP contribution in [0, 0.1) is 0 Å². The van der Waals surface area contributed by atoms with Crippen molar-refractivity contribution >= 4 is 23.2 Å². The maximum absolute atomic E-state index is 13.4. The third-order valence-electron chi connectivity index (χ3n) is 7.12. The van der Waals surface area contributed by atoms with Crippen LogP contribution in [0.3, 0.4) is 0 Å². The summed E-state index contributed by atoms with van der Waals surface area (Å²) in [5, 5.41) is 12.9. The molecule has 0 aromatic heterocycles. The van der Waals surface area contributed by atoms with Crippen molar-refractivity contribution in [3.05, 3.63) is 90.0 Å². The Morgan fingerprint density at radius 2 is 1.90 bits per heavy atom. The minimum Gasteiger partial charge on any atom is -0.498 e. The van der Waals surface area contributed by atoms with Crippen molar-refractivity contribution in [2.75, 3.05) is 32.1 Å². The van der Waals surface area contributed by atoms with Crippen LogP contribution in [0.2, 0.25) is 0 Å². The summed E-state index contributed by atoms with van der Waals surface area (Å²) in [6.45, 7) is 1.26. The highest BCUT2D eigenvalue weighted by Crippen LogP contribution is 2.32. The number of amides is 1. The number of benzene rings is 2. The number of carbonyl (C=O) groups is 1. The SMILES string of the molecule is CN1C(N2C=COCC2)C(C2=NNC(C)(N[C@H]3N=C(c4ccccc4)c4ccccc4NC3=O)O2)=CN1CC(F)(F)F. The molecule has 2 aromatic rings. The molecule has 4 aliphatic heterocycles. The fourth-order valence-electron chi connectivity index (χ4n) is 5.21. The van der Waals surface area contributed by atoms with Gasteiger partial charge in [-0.25, -0.2) is 5.32 Å². The summed E-state index contributed by atoms with van der Waals surface area (Å²) >= 11 is 0. The third-order valence-corrected chi connectivity index (χ3v) is 7.12. The lowest BCUT2D eigenvalue weighted by atomic mass is 10.0. The van der Waals surface area contributed by atoms with Crippen molar-refractivity contribution in [2.45, 2.75) is 31.3 Å². The van der Waals surface area contributed by atoms with Gasteiger partial charge in [-0.2, -0.15) is 18.2 Å². The van der Waals surface area contributed by atoms with E-state index in [0.717, 1.165) is 16.1 Å². The zero-order valence-corrected chi connectivity index (χ0v) is 22.8. The van der Waals surface area contributed by atoms with Crippen LogP contribution in [-0.4, -0.2) is 83.5 Å². The van der Waals surface area contributed by atoms with Crippen LogP contribution in [0.4, 0.5) is 18.9 Å². The van der Waals surface area contributed by atoms with E-state index in [9.17, 15) is 18.0 Å². The van der Waals surface area contributed by atoms with Gasteiger partial charge in [-0.1, -0.05) is 48.5 Å². The van der Waals surface area contributed by atoms with Gasteiger partial charge in [0.1, 0.15) is 19.3 Å². The molecule has 14 heteroatoms. The molecule has 0 saturated heterocycles. The number of ether oxygens (including phenoxy) is 2. The number of halogens is 3. The number of benzodiazepines with no additional fused rings is 1. The second-order valence-electron chi connectivity index (χ2n) is 10.2. The summed E-state index contributed by atoms with van der Waals surface area (Å²) in [6.07, 6.45) is -1.64. The fraction of sp³-hybridized carbons (Fsp3) is 0.321. The van der Waals surface area contributed by atoms with Gasteiger partial charge in [0, 0.05) is 37.5 Å². The van der Waals surface area contributed by atoms with E-state index in [1.165, 1.54) is 17.5 Å². The van der Waals surface area contributed by atoms with Crippen LogP contribution >= 0.6 is 0 Å². The summed E-state index contributed by atoms with van der Waals surface area (Å²) in [4.78, 5) is 20.0. The molecule has 0 saturated carbocycles. The quantitative estimate of drug-likeness (QED) is 0.478. The molecule has 220 valence electrons. The van der Waals surface area contributed by atoms with Crippen LogP contribution in [0.15, 0.2) is 88.9 Å². The van der Waals surface area contributed by atoms with Crippen molar-refractivity contribution in [3.63, 3.8) is 0 Å². The van der Waals surface area contributed by atoms with Crippen molar-refractivity contribution in [1.29, 1.82) is 0 Å². The van der Waals surface area contributed by atoms with Crippen molar-refractivity contribution in [3.8, 4) is 0 Å². The normalized spacial score (nSPS) is 25.8. The summed E-state index contributed by atoms with van der Waals surface area (Å²) in [5.41, 5.74) is 6.07. The number of hydrazine groups is 1. The Kier molecular flexibility index (Phi) is 7.02. The Bertz CT molecular complexity index is 1480. The fourth-order valence-corrected chi connectivity index (χ4v) is 5.21. The summed E-state index contributed by atoms with van der Waals surface area (Å²) in [6, 6.07) is 16.9. The number of para-hydroxylation sites is 1. The highest BCUT2D eigenvalue weighted by Gasteiger charge is 2.46. The van der Waals surface area contributed by atoms with Gasteiger partial charge in [-0.15, -0.1) is 5.10 Å². The number of nitrogens with zero attached hydrogens (tertiary/aromatic N) is 5. The van der Waals surface area contributed by atoms with E-state index in [1.54, 1.807) is 26.2 Å². The van der Waals surface area contributed by atoms with Crippen molar-refractivity contribution < 1.29 is 27.4 Å². The van der Waals surface area contributed by atoms with Gasteiger partial charge in [0.2, 0.25) is 5.90 Å². The number of aliphatic imine (C=N–C) groups is 1. The molecule has 42 heavy (non-hydrogen) atoms. The summed E-state index contributed by atoms with van der Waals surface area (Å²) in [5.74, 6) is -1.75. The van der Waals surface area contributed by atoms with Crippen LogP contribution in [-0.2, 0) is 14.3 Å². The van der Waals surface area contributed by atoms with Crippen molar-refractivity contribution in [1.82, 2.24) is 25.7 Å². The zero-order valence-electron chi connectivity index (χ0n) is 22.8. The Hall–Kier alpha value is -4.56. The molecule has 3 N–H and O–H groups in total. The zero-order chi connectivity index (χ0) is 29.5. The maximum atomic E-state index is 13.4. The first-order chi connectivity index (χ1) is 20.1. The average Bonchev–Trinajstić information content (AvgIpc) is 3.46. The molecule has 3 atom stereocenters. The van der Waals surface area contributed by atoms with E-state index < -0.39 is 36.8 Å². The number of anilines is 1. The van der Waals surface area contributed by atoms with Gasteiger partial charge in [-0.05, 0) is 6.07 Å². The number of likely N-dealkylation sites (N-methyl/N-ethyl adjacent to an activating group) is 1. The number of fused-ring (bicyclic) bond motifs is 1. The Morgan fingerprint density at radius 3 is 2.64 bits per heavy atom. The number of hydrogen-bond acceptors (Lipinski definition) is 10. The first-order valence-electron chi connectivity index (χ1n) is 13.3. The number of nitrogens with one attached hydrogen (secondary N) is 3. The van der Waals surface area contributed by atoms with Crippen molar-refractivity contribution in [2.24, 2.45) is 10.1 Å². The first kappa shape index (κ1) is 27.6. The van der Waals surface area contributed by atoms with E-state index in [0.29, 0.717) is 30.1 Å². The highest BCUT2D eigenvalue weighted by atomic mass is 19.4. The number of carbonyl (C=O) groups excluding carboxylic acids is 1. The minimum absolute atomic E-state index is 0.0796. The van der Waals surface area contributed by atoms with Crippen LogP contribution in [0.1, 0.15) is 18.1 Å². The van der Waals surface area contributed by atoms with E-state index in [4.69, 9.17) is 14.5 Å². The number of rotatable bonds is 6. The second kappa shape index (κ2) is 10.7. The van der Waals surface area contributed by atoms with Gasteiger partial charge in [0.25, 0.3) is 11.8 Å². The molecule has 11 nitrogen and oxygen atoms in total. The number of hydrazone groups is 1. The standard InChI is InChI=1S/C28H29F3N8O3/c1-27(34-23-24(40)32-21-11-7-6-10-19(21)22(33-23)18-8-4-3-5-9-18)36-35-25(42-27)20-16-39(17-28(29,30)31)37(2)26(20)38-12-14-41-15-13-38/h3-12,14,16,23,26,34,36H,13,15,17H2,1-2H3,(H,32,40)/t23-,26?,27?/m1/s1. The van der Waals surface area contributed by atoms with E-state index in [-0.39, 0.29) is 5.90 Å². The molecule has 0 bridgehead atoms. The number of alkyl halides is 3. The Balaban J connectivity index is 1.27. The molecule has 0 fully saturated rings. The predicted molar refractivity (Wildman–Crippen MR) is 148 cm³/mol. The first-order valence-corrected chi connectivity index (χ1v) is 13.3. The van der Waals surface area contributed by atoms with E-state index >= 15 is 0 Å². The minimum atomic E-state index is -4.43. The van der Waals surface area contributed by atoms with Gasteiger partial charge >= 0.3 is 6.18 Å². The van der Waals surface area contributed by atoms with E-state index in [2.05, 4.69) is 21.2 Å². The monoisotopic (exact) mass is 582 g/mol. The lowest BCUT2D eigenvalue weighted by Gasteiger charge is -2.38. The molecule has 6 rings (SSSR count). The molecule has 0 radical (unpaired) electrons. The lowest BCUT2D eigenvalue weighted by molar-refractivity contribution is -0.169. The summed E-state index contributed by atoms with van der Waals surface area (Å²) in [7, 11) is 1.57. The van der Waals surface area contributed by atoms with Gasteiger partial charge in [0.15, 0.2) is 6.17 Å². The molecular formula is C28H29F3N8O3. The lowest BCUT2D eigenvalue weighted by Crippen LogP contribution is -2.58. The molecule has 4 aliphatic rings. The molecule has 0 spiro atoms. The molecule has 2 unspecified atom stereocenters. The van der Waals surface area contributed by atoms with Crippen LogP contribution in [0.5, 0.6) is 0 Å². The smallest absolute Gasteiger partial charge is 0.407 e. The van der Waals surface area contributed by atoms with Crippen LogP contribution < -0.4 is 16.1 Å². The van der Waals surface area contributed by atoms with Gasteiger partial charge in [0.05, 0.1) is 29.8 Å². The second-order valence-corrected chi connectivity index (χ2v) is 10.2. The predicted octanol–water partition coefficient (Wildman–Crippen LogP) is 2.74. The average molecular weight is 583 g/mol. The van der Waals surface area contributed by atoms with Gasteiger partial charge < -0.3 is 24.7 Å². The molecule has 0 aliphatic carbocycles. The topological polar surface area (TPSA) is 106 Å². The van der Waals surface area contributed by atoms with Gasteiger partial charge in [-0.3, -0.25) is 15.2 Å². The molecular weight excluding hydrogens is 553 g/mol. The highest BCUT2D eigenvalue weighted by molar-refractivity contribution is 6.19. The third kappa shape index (κ3) is 5.50. The Labute approximate surface area is 239 Å². The van der Waals surface area contributed by atoms with E-state index in [1.807, 2.05) is 53.4 Å². The molecule has 1 amide bonds. The number of hydrogen-bond donors (Lipinski definition) is 3. The molecule has 2 aromatic carbocycles. The Morgan fingerprint density at radius 1 is 1.14 bits per heavy atom.